The standard InChI is InChI=1S/C18H22Cl2N2O2/c1-3-5-17(23)15(19)11-21-13-7-9-14(10-8-13)22-12-16(20)18(24)6-4-2/h7-12,21-22H,3-6H2,1-2H3. The molecule has 1 aromatic carbocycles. The van der Waals surface area contributed by atoms with Crippen molar-refractivity contribution in [3.05, 3.63) is 46.7 Å². The molecule has 0 bridgehead atoms. The normalized spacial score (nSPS) is 12.0. The van der Waals surface area contributed by atoms with Crippen molar-refractivity contribution in [3.8, 4) is 0 Å². The largest absolute Gasteiger partial charge is 0.360 e. The Hall–Kier alpha value is -1.78. The molecule has 0 fully saturated rings. The molecule has 2 N–H and O–H groups in total. The number of carbonyl (C=O) groups is 2. The molecule has 0 amide bonds. The number of anilines is 2. The minimum Gasteiger partial charge on any atom is -0.360 e. The van der Waals surface area contributed by atoms with Crippen molar-refractivity contribution < 1.29 is 9.59 Å². The van der Waals surface area contributed by atoms with Crippen LogP contribution in [0.2, 0.25) is 0 Å². The lowest BCUT2D eigenvalue weighted by Gasteiger charge is -2.05. The highest BCUT2D eigenvalue weighted by Gasteiger charge is 2.05. The zero-order valence-corrected chi connectivity index (χ0v) is 15.4. The Morgan fingerprint density at radius 1 is 0.833 bits per heavy atom. The van der Waals surface area contributed by atoms with Crippen molar-refractivity contribution in [2.24, 2.45) is 0 Å². The van der Waals surface area contributed by atoms with Gasteiger partial charge in [-0.25, -0.2) is 0 Å². The number of rotatable bonds is 10. The van der Waals surface area contributed by atoms with E-state index in [0.29, 0.717) is 12.8 Å². The first-order chi connectivity index (χ1) is 11.5. The molecule has 0 unspecified atom stereocenters. The molecule has 0 aliphatic rings. The number of ketones is 2. The van der Waals surface area contributed by atoms with Gasteiger partial charge in [-0.2, -0.15) is 0 Å². The van der Waals surface area contributed by atoms with E-state index in [1.165, 1.54) is 12.4 Å². The van der Waals surface area contributed by atoms with Crippen LogP contribution in [0.15, 0.2) is 46.7 Å². The van der Waals surface area contributed by atoms with E-state index in [1.54, 1.807) is 0 Å². The van der Waals surface area contributed by atoms with Crippen LogP contribution in [-0.4, -0.2) is 11.6 Å². The van der Waals surface area contributed by atoms with Crippen LogP contribution in [0.1, 0.15) is 39.5 Å². The van der Waals surface area contributed by atoms with Crippen molar-refractivity contribution in [2.45, 2.75) is 39.5 Å². The Bertz CT molecular complexity index is 567. The van der Waals surface area contributed by atoms with E-state index >= 15 is 0 Å². The number of nitrogens with one attached hydrogen (secondary N) is 2. The highest BCUT2D eigenvalue weighted by Crippen LogP contribution is 2.16. The smallest absolute Gasteiger partial charge is 0.175 e. The van der Waals surface area contributed by atoms with Gasteiger partial charge in [0.05, 0.1) is 10.1 Å². The Labute approximate surface area is 152 Å². The summed E-state index contributed by atoms with van der Waals surface area (Å²) in [5, 5.41) is 6.31. The predicted octanol–water partition coefficient (Wildman–Crippen LogP) is 5.41. The molecule has 6 heteroatoms. The third-order valence-corrected chi connectivity index (χ3v) is 3.74. The minimum atomic E-state index is -0.0820. The van der Waals surface area contributed by atoms with E-state index in [2.05, 4.69) is 10.6 Å². The van der Waals surface area contributed by atoms with Gasteiger partial charge in [0.25, 0.3) is 0 Å². The fraction of sp³-hybridized carbons (Fsp3) is 0.333. The number of Topliss-reactive ketones (excluding diaryl/α,β-unsaturated/α-hetero) is 2. The van der Waals surface area contributed by atoms with Crippen molar-refractivity contribution in [3.63, 3.8) is 0 Å². The Kier molecular flexibility index (Phi) is 9.20. The summed E-state index contributed by atoms with van der Waals surface area (Å²) >= 11 is 11.8. The highest BCUT2D eigenvalue weighted by atomic mass is 35.5. The summed E-state index contributed by atoms with van der Waals surface area (Å²) in [6.07, 6.45) is 5.37. The summed E-state index contributed by atoms with van der Waals surface area (Å²) in [6.45, 7) is 3.86. The van der Waals surface area contributed by atoms with Crippen LogP contribution in [0.4, 0.5) is 11.4 Å². The van der Waals surface area contributed by atoms with E-state index in [-0.39, 0.29) is 21.6 Å². The fourth-order valence-electron chi connectivity index (χ4n) is 1.81. The molecule has 0 saturated heterocycles. The van der Waals surface area contributed by atoms with Gasteiger partial charge in [-0.05, 0) is 37.1 Å². The van der Waals surface area contributed by atoms with E-state index in [0.717, 1.165) is 24.2 Å². The molecule has 0 radical (unpaired) electrons. The van der Waals surface area contributed by atoms with Crippen LogP contribution >= 0.6 is 23.2 Å². The molecule has 0 aromatic heterocycles. The van der Waals surface area contributed by atoms with Gasteiger partial charge < -0.3 is 10.6 Å². The zero-order valence-electron chi connectivity index (χ0n) is 13.9. The molecule has 1 aromatic rings. The van der Waals surface area contributed by atoms with Gasteiger partial charge in [0.2, 0.25) is 0 Å². The summed E-state index contributed by atoms with van der Waals surface area (Å²) in [5.41, 5.74) is 1.58. The average Bonchev–Trinajstić information content (AvgIpc) is 2.58. The molecule has 0 aliphatic heterocycles. The van der Waals surface area contributed by atoms with Gasteiger partial charge in [0, 0.05) is 36.6 Å². The molecule has 0 spiro atoms. The van der Waals surface area contributed by atoms with Crippen molar-refractivity contribution in [1.29, 1.82) is 0 Å². The lowest BCUT2D eigenvalue weighted by atomic mass is 10.2. The molecule has 0 aliphatic carbocycles. The average molecular weight is 369 g/mol. The third kappa shape index (κ3) is 7.20. The van der Waals surface area contributed by atoms with Gasteiger partial charge in [-0.15, -0.1) is 0 Å². The van der Waals surface area contributed by atoms with Gasteiger partial charge in [-0.1, -0.05) is 37.0 Å². The number of allylic oxidation sites excluding steroid dienone is 2. The van der Waals surface area contributed by atoms with E-state index in [4.69, 9.17) is 23.2 Å². The maximum absolute atomic E-state index is 11.6. The second-order valence-electron chi connectivity index (χ2n) is 5.20. The number of hydrogen-bond acceptors (Lipinski definition) is 4. The third-order valence-electron chi connectivity index (χ3n) is 3.10. The molecule has 0 heterocycles. The second-order valence-corrected chi connectivity index (χ2v) is 6.01. The van der Waals surface area contributed by atoms with Crippen LogP contribution in [-0.2, 0) is 9.59 Å². The number of halogens is 2. The van der Waals surface area contributed by atoms with E-state index < -0.39 is 0 Å². The minimum absolute atomic E-state index is 0.0820. The first-order valence-electron chi connectivity index (χ1n) is 7.88. The highest BCUT2D eigenvalue weighted by molar-refractivity contribution is 6.43. The van der Waals surface area contributed by atoms with Gasteiger partial charge in [-0.3, -0.25) is 9.59 Å². The molecule has 1 rings (SSSR count). The monoisotopic (exact) mass is 368 g/mol. The molecule has 130 valence electrons. The van der Waals surface area contributed by atoms with Crippen LogP contribution in [0.25, 0.3) is 0 Å². The van der Waals surface area contributed by atoms with Crippen molar-refractivity contribution >= 4 is 46.1 Å². The van der Waals surface area contributed by atoms with Gasteiger partial charge in [0.15, 0.2) is 11.6 Å². The molecular formula is C18H22Cl2N2O2. The lowest BCUT2D eigenvalue weighted by Crippen LogP contribution is -2.00. The van der Waals surface area contributed by atoms with Crippen molar-refractivity contribution in [1.82, 2.24) is 0 Å². The molecule has 24 heavy (non-hydrogen) atoms. The lowest BCUT2D eigenvalue weighted by molar-refractivity contribution is -0.115. The quantitative estimate of drug-likeness (QED) is 0.542. The second kappa shape index (κ2) is 10.9. The molecule has 0 atom stereocenters. The van der Waals surface area contributed by atoms with Crippen LogP contribution < -0.4 is 10.6 Å². The van der Waals surface area contributed by atoms with Gasteiger partial charge >= 0.3 is 0 Å². The number of hydrogen-bond donors (Lipinski definition) is 2. The molecule has 0 saturated carbocycles. The first kappa shape index (κ1) is 20.3. The zero-order chi connectivity index (χ0) is 17.9. The maximum atomic E-state index is 11.6. The van der Waals surface area contributed by atoms with E-state index in [9.17, 15) is 9.59 Å². The summed E-state index contributed by atoms with van der Waals surface area (Å²) < 4.78 is 0. The Balaban J connectivity index is 2.60. The first-order valence-corrected chi connectivity index (χ1v) is 8.64. The number of benzene rings is 1. The maximum Gasteiger partial charge on any atom is 0.175 e. The topological polar surface area (TPSA) is 58.2 Å². The Morgan fingerprint density at radius 2 is 1.17 bits per heavy atom. The van der Waals surface area contributed by atoms with Crippen molar-refractivity contribution in [2.75, 3.05) is 10.6 Å². The molecule has 4 nitrogen and oxygen atoms in total. The summed E-state index contributed by atoms with van der Waals surface area (Å²) in [5.74, 6) is -0.164. The van der Waals surface area contributed by atoms with Crippen LogP contribution in [0.3, 0.4) is 0 Å². The van der Waals surface area contributed by atoms with Crippen LogP contribution in [0.5, 0.6) is 0 Å². The summed E-state index contributed by atoms with van der Waals surface area (Å²) in [6, 6.07) is 7.29. The summed E-state index contributed by atoms with van der Waals surface area (Å²) in [4.78, 5) is 23.1. The molecular weight excluding hydrogens is 347 g/mol. The van der Waals surface area contributed by atoms with Crippen LogP contribution in [0, 0.1) is 0 Å². The fourth-order valence-corrected chi connectivity index (χ4v) is 2.11. The summed E-state index contributed by atoms with van der Waals surface area (Å²) in [7, 11) is 0. The Morgan fingerprint density at radius 3 is 1.46 bits per heavy atom. The van der Waals surface area contributed by atoms with E-state index in [1.807, 2.05) is 38.1 Å². The number of carbonyl (C=O) groups excluding carboxylic acids is 2. The predicted molar refractivity (Wildman–Crippen MR) is 101 cm³/mol. The van der Waals surface area contributed by atoms with Gasteiger partial charge in [0.1, 0.15) is 0 Å². The SMILES string of the molecule is CCCC(=O)C(Cl)=CNc1ccc(NC=C(Cl)C(=O)CCC)cc1.